The van der Waals surface area contributed by atoms with E-state index in [9.17, 15) is 0 Å². The summed E-state index contributed by atoms with van der Waals surface area (Å²) in [6, 6.07) is 21.0. The summed E-state index contributed by atoms with van der Waals surface area (Å²) in [6.45, 7) is 3.19. The molecule has 0 spiro atoms. The Kier molecular flexibility index (Phi) is 5.74. The number of piperidine rings is 2. The third-order valence-corrected chi connectivity index (χ3v) is 6.28. The highest BCUT2D eigenvalue weighted by Gasteiger charge is 2.38. The van der Waals surface area contributed by atoms with Gasteiger partial charge in [-0.3, -0.25) is 4.90 Å². The molecule has 0 aliphatic carbocycles. The summed E-state index contributed by atoms with van der Waals surface area (Å²) < 4.78 is 0. The fourth-order valence-corrected chi connectivity index (χ4v) is 4.98. The molecule has 3 nitrogen and oxygen atoms in total. The monoisotopic (exact) mass is 379 g/mol. The quantitative estimate of drug-likeness (QED) is 0.742. The van der Waals surface area contributed by atoms with Gasteiger partial charge in [-0.2, -0.15) is 0 Å². The Balaban J connectivity index is 1.37. The van der Waals surface area contributed by atoms with Crippen LogP contribution >= 0.6 is 12.2 Å². The predicted octanol–water partition coefficient (Wildman–Crippen LogP) is 4.87. The molecule has 2 heterocycles. The fraction of sp³-hybridized carbons (Fsp3) is 0.435. The maximum atomic E-state index is 5.61. The lowest BCUT2D eigenvalue weighted by molar-refractivity contribution is 0.0212. The van der Waals surface area contributed by atoms with Crippen molar-refractivity contribution in [2.75, 3.05) is 5.32 Å². The molecule has 2 aromatic rings. The van der Waals surface area contributed by atoms with Gasteiger partial charge in [0.1, 0.15) is 0 Å². The van der Waals surface area contributed by atoms with Crippen molar-refractivity contribution in [3.8, 4) is 0 Å². The van der Waals surface area contributed by atoms with Crippen LogP contribution in [0.1, 0.15) is 43.2 Å². The van der Waals surface area contributed by atoms with Gasteiger partial charge < -0.3 is 10.6 Å². The van der Waals surface area contributed by atoms with Crippen LogP contribution in [0.4, 0.5) is 5.69 Å². The minimum atomic E-state index is 0.469. The molecule has 2 N–H and O–H groups in total. The lowest BCUT2D eigenvalue weighted by atomic mass is 9.81. The second-order valence-corrected chi connectivity index (χ2v) is 8.39. The Morgan fingerprint density at radius 3 is 2.37 bits per heavy atom. The Hall–Kier alpha value is -1.91. The molecule has 27 heavy (non-hydrogen) atoms. The van der Waals surface area contributed by atoms with Crippen molar-refractivity contribution < 1.29 is 0 Å². The number of aryl methyl sites for hydroxylation is 1. The number of hydrogen-bond acceptors (Lipinski definition) is 2. The van der Waals surface area contributed by atoms with E-state index in [4.69, 9.17) is 12.2 Å². The summed E-state index contributed by atoms with van der Waals surface area (Å²) in [5, 5.41) is 7.74. The summed E-state index contributed by atoms with van der Waals surface area (Å²) in [4.78, 5) is 2.74. The van der Waals surface area contributed by atoms with Crippen LogP contribution in [-0.4, -0.2) is 28.1 Å². The van der Waals surface area contributed by atoms with E-state index in [1.807, 2.05) is 6.07 Å². The van der Waals surface area contributed by atoms with Gasteiger partial charge in [0.05, 0.1) is 0 Å². The first-order chi connectivity index (χ1) is 13.2. The van der Waals surface area contributed by atoms with Gasteiger partial charge in [0.2, 0.25) is 0 Å². The Morgan fingerprint density at radius 1 is 1.00 bits per heavy atom. The Labute approximate surface area is 168 Å². The van der Waals surface area contributed by atoms with Crippen LogP contribution in [-0.2, 0) is 6.54 Å². The predicted molar refractivity (Wildman–Crippen MR) is 117 cm³/mol. The van der Waals surface area contributed by atoms with Crippen LogP contribution in [0.3, 0.4) is 0 Å². The minimum Gasteiger partial charge on any atom is -0.360 e. The molecular formula is C23H29N3S. The van der Waals surface area contributed by atoms with Gasteiger partial charge in [0.15, 0.2) is 5.11 Å². The van der Waals surface area contributed by atoms with Crippen molar-refractivity contribution >= 4 is 23.0 Å². The SMILES string of the molecule is Cc1ccccc1NC(=S)NC1CC2CCCC(C1)N2Cc1ccccc1. The summed E-state index contributed by atoms with van der Waals surface area (Å²) in [6.07, 6.45) is 6.33. The Bertz CT molecular complexity index is 762. The topological polar surface area (TPSA) is 27.3 Å². The van der Waals surface area contributed by atoms with Crippen molar-refractivity contribution in [3.05, 3.63) is 65.7 Å². The molecule has 0 saturated carbocycles. The van der Waals surface area contributed by atoms with Gasteiger partial charge in [-0.1, -0.05) is 55.0 Å². The van der Waals surface area contributed by atoms with E-state index in [1.165, 1.54) is 43.2 Å². The van der Waals surface area contributed by atoms with E-state index in [0.29, 0.717) is 18.1 Å². The minimum absolute atomic E-state index is 0.469. The number of anilines is 1. The number of nitrogens with one attached hydrogen (secondary N) is 2. The van der Waals surface area contributed by atoms with Crippen LogP contribution < -0.4 is 10.6 Å². The third-order valence-electron chi connectivity index (χ3n) is 6.06. The number of benzene rings is 2. The zero-order chi connectivity index (χ0) is 18.6. The molecule has 2 aliphatic rings. The summed E-state index contributed by atoms with van der Waals surface area (Å²) in [5.74, 6) is 0. The molecule has 2 bridgehead atoms. The van der Waals surface area contributed by atoms with Crippen molar-refractivity contribution in [1.82, 2.24) is 10.2 Å². The number of para-hydroxylation sites is 1. The molecule has 2 unspecified atom stereocenters. The van der Waals surface area contributed by atoms with E-state index in [-0.39, 0.29) is 0 Å². The molecule has 2 atom stereocenters. The van der Waals surface area contributed by atoms with Crippen LogP contribution in [0.2, 0.25) is 0 Å². The van der Waals surface area contributed by atoms with Crippen LogP contribution in [0.25, 0.3) is 0 Å². The molecule has 2 aliphatic heterocycles. The van der Waals surface area contributed by atoms with Crippen LogP contribution in [0, 0.1) is 6.92 Å². The van der Waals surface area contributed by atoms with Gasteiger partial charge in [-0.05, 0) is 62.0 Å². The summed E-state index contributed by atoms with van der Waals surface area (Å²) in [7, 11) is 0. The first-order valence-corrected chi connectivity index (χ1v) is 10.5. The molecule has 2 saturated heterocycles. The smallest absolute Gasteiger partial charge is 0.171 e. The zero-order valence-corrected chi connectivity index (χ0v) is 16.8. The normalized spacial score (nSPS) is 25.0. The van der Waals surface area contributed by atoms with Crippen molar-refractivity contribution in [2.24, 2.45) is 0 Å². The summed E-state index contributed by atoms with van der Waals surface area (Å²) in [5.41, 5.74) is 3.74. The van der Waals surface area contributed by atoms with Gasteiger partial charge in [-0.25, -0.2) is 0 Å². The first-order valence-electron chi connectivity index (χ1n) is 10.1. The van der Waals surface area contributed by atoms with Crippen molar-refractivity contribution in [3.63, 3.8) is 0 Å². The average Bonchev–Trinajstić information content (AvgIpc) is 2.65. The molecule has 2 aromatic carbocycles. The molecule has 142 valence electrons. The van der Waals surface area contributed by atoms with Gasteiger partial charge in [0.25, 0.3) is 0 Å². The highest BCUT2D eigenvalue weighted by atomic mass is 32.1. The zero-order valence-electron chi connectivity index (χ0n) is 16.0. The van der Waals surface area contributed by atoms with Crippen LogP contribution in [0.15, 0.2) is 54.6 Å². The lowest BCUT2D eigenvalue weighted by Gasteiger charge is -2.49. The van der Waals surface area contributed by atoms with Gasteiger partial charge in [-0.15, -0.1) is 0 Å². The van der Waals surface area contributed by atoms with Gasteiger partial charge >= 0.3 is 0 Å². The molecule has 4 heteroatoms. The van der Waals surface area contributed by atoms with E-state index in [0.717, 1.165) is 17.3 Å². The molecule has 0 radical (unpaired) electrons. The molecule has 0 amide bonds. The molecule has 0 aromatic heterocycles. The maximum Gasteiger partial charge on any atom is 0.171 e. The lowest BCUT2D eigenvalue weighted by Crippen LogP contribution is -2.56. The number of thiocarbonyl (C=S) groups is 1. The van der Waals surface area contributed by atoms with E-state index >= 15 is 0 Å². The maximum absolute atomic E-state index is 5.61. The Morgan fingerprint density at radius 2 is 1.67 bits per heavy atom. The average molecular weight is 380 g/mol. The van der Waals surface area contributed by atoms with Gasteiger partial charge in [0, 0.05) is 30.4 Å². The number of nitrogens with zero attached hydrogens (tertiary/aromatic N) is 1. The molecular weight excluding hydrogens is 350 g/mol. The highest BCUT2D eigenvalue weighted by Crippen LogP contribution is 2.35. The summed E-state index contributed by atoms with van der Waals surface area (Å²) >= 11 is 5.61. The number of fused-ring (bicyclic) bond motifs is 2. The van der Waals surface area contributed by atoms with E-state index in [2.05, 4.69) is 71.0 Å². The third kappa shape index (κ3) is 4.50. The molecule has 4 rings (SSSR count). The van der Waals surface area contributed by atoms with Crippen molar-refractivity contribution in [1.29, 1.82) is 0 Å². The van der Waals surface area contributed by atoms with E-state index in [1.54, 1.807) is 0 Å². The number of rotatable bonds is 4. The fourth-order valence-electron chi connectivity index (χ4n) is 4.71. The highest BCUT2D eigenvalue weighted by molar-refractivity contribution is 7.80. The largest absolute Gasteiger partial charge is 0.360 e. The second kappa shape index (κ2) is 8.41. The van der Waals surface area contributed by atoms with Crippen molar-refractivity contribution in [2.45, 2.75) is 63.7 Å². The number of hydrogen-bond donors (Lipinski definition) is 2. The first kappa shape index (κ1) is 18.5. The molecule has 2 fully saturated rings. The van der Waals surface area contributed by atoms with E-state index < -0.39 is 0 Å². The standard InChI is InChI=1S/C23H29N3S/c1-17-8-5-6-13-22(17)25-23(27)24-19-14-20-11-7-12-21(15-19)26(20)16-18-9-3-2-4-10-18/h2-6,8-10,13,19-21H,7,11-12,14-16H2,1H3,(H2,24,25,27). The van der Waals surface area contributed by atoms with Crippen LogP contribution in [0.5, 0.6) is 0 Å². The second-order valence-electron chi connectivity index (χ2n) is 7.98.